The van der Waals surface area contributed by atoms with Gasteiger partial charge in [-0.05, 0) is 43.9 Å². The first-order chi connectivity index (χ1) is 14.0. The number of aliphatic imine (C=N–C) groups is 1. The zero-order valence-electron chi connectivity index (χ0n) is 18.0. The lowest BCUT2D eigenvalue weighted by Gasteiger charge is -2.55. The molecule has 0 bridgehead atoms. The third-order valence-electron chi connectivity index (χ3n) is 6.96. The molecule has 1 aliphatic carbocycles. The van der Waals surface area contributed by atoms with E-state index in [2.05, 4.69) is 48.4 Å². The van der Waals surface area contributed by atoms with Crippen LogP contribution in [0.25, 0.3) is 0 Å². The average molecular weight is 419 g/mol. The van der Waals surface area contributed by atoms with Crippen LogP contribution in [0.4, 0.5) is 0 Å². The molecule has 3 unspecified atom stereocenters. The van der Waals surface area contributed by atoms with E-state index in [9.17, 15) is 0 Å². The van der Waals surface area contributed by atoms with Crippen LogP contribution in [-0.2, 0) is 11.3 Å². The molecular weight excluding hydrogens is 384 g/mol. The molecule has 0 radical (unpaired) electrons. The number of benzene rings is 1. The van der Waals surface area contributed by atoms with Gasteiger partial charge >= 0.3 is 0 Å². The summed E-state index contributed by atoms with van der Waals surface area (Å²) < 4.78 is 5.94. The Morgan fingerprint density at radius 2 is 1.90 bits per heavy atom. The van der Waals surface area contributed by atoms with Crippen LogP contribution in [0.5, 0.6) is 0 Å². The molecule has 3 aliphatic rings. The molecule has 1 aromatic carbocycles. The Bertz CT molecular complexity index is 712. The summed E-state index contributed by atoms with van der Waals surface area (Å²) >= 11 is 6.00. The maximum absolute atomic E-state index is 6.00. The molecule has 29 heavy (non-hydrogen) atoms. The number of nitrogens with zero attached hydrogens (tertiary/aromatic N) is 2. The standard InChI is InChI=1S/C23H35ClN4O/c1-4-25-22(27-20-19-11-14-29-21(19)23(20,2)3)26-18-9-12-28(13-10-18)15-16-5-7-17(24)8-6-16/h5-8,18-21H,4,9-15H2,1-3H3,(H2,25,26,27). The van der Waals surface area contributed by atoms with Crippen LogP contribution < -0.4 is 10.6 Å². The molecule has 3 fully saturated rings. The van der Waals surface area contributed by atoms with Crippen molar-refractivity contribution in [2.75, 3.05) is 26.2 Å². The minimum atomic E-state index is 0.166. The molecule has 4 rings (SSSR count). The number of likely N-dealkylation sites (tertiary alicyclic amines) is 1. The van der Waals surface area contributed by atoms with Crippen LogP contribution in [-0.4, -0.2) is 55.3 Å². The SMILES string of the molecule is CCN=C(NC1CCN(Cc2ccc(Cl)cc2)CC1)NC1C2CCOC2C1(C)C. The maximum Gasteiger partial charge on any atom is 0.191 e. The van der Waals surface area contributed by atoms with E-state index >= 15 is 0 Å². The second kappa shape index (κ2) is 8.83. The molecule has 0 aromatic heterocycles. The Morgan fingerprint density at radius 3 is 2.59 bits per heavy atom. The summed E-state index contributed by atoms with van der Waals surface area (Å²) in [7, 11) is 0. The van der Waals surface area contributed by atoms with Crippen molar-refractivity contribution in [1.82, 2.24) is 15.5 Å². The number of nitrogens with one attached hydrogen (secondary N) is 2. The number of hydrogen-bond acceptors (Lipinski definition) is 3. The van der Waals surface area contributed by atoms with Crippen LogP contribution in [0.2, 0.25) is 5.02 Å². The first kappa shape index (κ1) is 21.0. The van der Waals surface area contributed by atoms with Crippen molar-refractivity contribution in [3.63, 3.8) is 0 Å². The van der Waals surface area contributed by atoms with E-state index in [0.717, 1.165) is 63.0 Å². The Hall–Kier alpha value is -1.30. The number of rotatable bonds is 5. The van der Waals surface area contributed by atoms with Crippen molar-refractivity contribution in [2.24, 2.45) is 16.3 Å². The van der Waals surface area contributed by atoms with Crippen LogP contribution in [0, 0.1) is 11.3 Å². The summed E-state index contributed by atoms with van der Waals surface area (Å²) in [4.78, 5) is 7.27. The van der Waals surface area contributed by atoms with E-state index in [1.807, 2.05) is 12.1 Å². The minimum absolute atomic E-state index is 0.166. The van der Waals surface area contributed by atoms with Gasteiger partial charge in [0.05, 0.1) is 6.10 Å². The van der Waals surface area contributed by atoms with Gasteiger partial charge in [-0.1, -0.05) is 37.6 Å². The fraction of sp³-hybridized carbons (Fsp3) is 0.696. The van der Waals surface area contributed by atoms with Gasteiger partial charge in [0.25, 0.3) is 0 Å². The van der Waals surface area contributed by atoms with Gasteiger partial charge in [0.15, 0.2) is 5.96 Å². The number of hydrogen-bond donors (Lipinski definition) is 2. The molecule has 2 heterocycles. The molecule has 2 N–H and O–H groups in total. The zero-order chi connectivity index (χ0) is 20.4. The zero-order valence-corrected chi connectivity index (χ0v) is 18.7. The first-order valence-corrected chi connectivity index (χ1v) is 11.5. The van der Waals surface area contributed by atoms with Gasteiger partial charge in [0.2, 0.25) is 0 Å². The van der Waals surface area contributed by atoms with Gasteiger partial charge in [-0.3, -0.25) is 9.89 Å². The lowest BCUT2D eigenvalue weighted by Crippen LogP contribution is -2.68. The summed E-state index contributed by atoms with van der Waals surface area (Å²) in [6.07, 6.45) is 3.84. The molecule has 0 spiro atoms. The van der Waals surface area contributed by atoms with Gasteiger partial charge in [0.1, 0.15) is 0 Å². The highest BCUT2D eigenvalue weighted by molar-refractivity contribution is 6.30. The lowest BCUT2D eigenvalue weighted by atomic mass is 9.57. The minimum Gasteiger partial charge on any atom is -0.377 e. The highest BCUT2D eigenvalue weighted by atomic mass is 35.5. The van der Waals surface area contributed by atoms with Crippen LogP contribution in [0.15, 0.2) is 29.3 Å². The Labute approximate surface area is 180 Å². The highest BCUT2D eigenvalue weighted by Crippen LogP contribution is 2.52. The average Bonchev–Trinajstić information content (AvgIpc) is 3.17. The molecule has 3 atom stereocenters. The topological polar surface area (TPSA) is 48.9 Å². The van der Waals surface area contributed by atoms with Gasteiger partial charge in [0, 0.05) is 61.2 Å². The molecule has 1 aromatic rings. The molecular formula is C23H35ClN4O. The van der Waals surface area contributed by atoms with Crippen LogP contribution in [0.3, 0.4) is 0 Å². The van der Waals surface area contributed by atoms with Crippen molar-refractivity contribution >= 4 is 17.6 Å². The lowest BCUT2D eigenvalue weighted by molar-refractivity contribution is -0.106. The summed E-state index contributed by atoms with van der Waals surface area (Å²) in [6, 6.07) is 9.13. The van der Waals surface area contributed by atoms with Gasteiger partial charge in [-0.2, -0.15) is 0 Å². The number of guanidine groups is 1. The number of piperidine rings is 1. The van der Waals surface area contributed by atoms with E-state index in [0.29, 0.717) is 24.1 Å². The Balaban J connectivity index is 1.28. The summed E-state index contributed by atoms with van der Waals surface area (Å²) in [6.45, 7) is 11.6. The van der Waals surface area contributed by atoms with E-state index in [1.165, 1.54) is 5.56 Å². The molecule has 160 valence electrons. The number of halogens is 1. The Kier molecular flexibility index (Phi) is 6.38. The van der Waals surface area contributed by atoms with Crippen molar-refractivity contribution in [3.8, 4) is 0 Å². The molecule has 2 aliphatic heterocycles. The van der Waals surface area contributed by atoms with Crippen LogP contribution >= 0.6 is 11.6 Å². The fourth-order valence-electron chi connectivity index (χ4n) is 5.33. The monoisotopic (exact) mass is 418 g/mol. The van der Waals surface area contributed by atoms with Gasteiger partial charge in [-0.25, -0.2) is 0 Å². The van der Waals surface area contributed by atoms with E-state index in [4.69, 9.17) is 21.3 Å². The van der Waals surface area contributed by atoms with Crippen molar-refractivity contribution in [2.45, 2.75) is 64.8 Å². The van der Waals surface area contributed by atoms with Crippen molar-refractivity contribution in [1.29, 1.82) is 0 Å². The normalized spacial score (nSPS) is 29.9. The van der Waals surface area contributed by atoms with Gasteiger partial charge < -0.3 is 15.4 Å². The maximum atomic E-state index is 6.00. The Morgan fingerprint density at radius 1 is 1.17 bits per heavy atom. The van der Waals surface area contributed by atoms with Crippen molar-refractivity contribution in [3.05, 3.63) is 34.9 Å². The second-order valence-corrected chi connectivity index (χ2v) is 9.77. The molecule has 5 nitrogen and oxygen atoms in total. The third kappa shape index (κ3) is 4.57. The van der Waals surface area contributed by atoms with E-state index < -0.39 is 0 Å². The quantitative estimate of drug-likeness (QED) is 0.565. The number of fused-ring (bicyclic) bond motifs is 1. The van der Waals surface area contributed by atoms with E-state index in [1.54, 1.807) is 0 Å². The molecule has 1 saturated carbocycles. The summed E-state index contributed by atoms with van der Waals surface area (Å²) in [5.41, 5.74) is 1.50. The van der Waals surface area contributed by atoms with Gasteiger partial charge in [-0.15, -0.1) is 0 Å². The summed E-state index contributed by atoms with van der Waals surface area (Å²) in [5, 5.41) is 8.27. The predicted octanol–water partition coefficient (Wildman–Crippen LogP) is 3.67. The highest BCUT2D eigenvalue weighted by Gasteiger charge is 2.59. The first-order valence-electron chi connectivity index (χ1n) is 11.1. The van der Waals surface area contributed by atoms with E-state index in [-0.39, 0.29) is 5.41 Å². The predicted molar refractivity (Wildman–Crippen MR) is 119 cm³/mol. The third-order valence-corrected chi connectivity index (χ3v) is 7.21. The van der Waals surface area contributed by atoms with Crippen molar-refractivity contribution < 1.29 is 4.74 Å². The summed E-state index contributed by atoms with van der Waals surface area (Å²) in [5.74, 6) is 1.60. The second-order valence-electron chi connectivity index (χ2n) is 9.33. The fourth-order valence-corrected chi connectivity index (χ4v) is 5.46. The molecule has 2 saturated heterocycles. The largest absolute Gasteiger partial charge is 0.377 e. The molecule has 0 amide bonds. The number of ether oxygens (including phenoxy) is 1. The van der Waals surface area contributed by atoms with Crippen LogP contribution in [0.1, 0.15) is 45.6 Å². The smallest absolute Gasteiger partial charge is 0.191 e. The molecule has 6 heteroatoms.